The van der Waals surface area contributed by atoms with Crippen molar-refractivity contribution in [3.63, 3.8) is 0 Å². The quantitative estimate of drug-likeness (QED) is 0.875. The number of nitrogens with zero attached hydrogens (tertiary/aromatic N) is 1. The summed E-state index contributed by atoms with van der Waals surface area (Å²) >= 11 is 0. The Balaban J connectivity index is 3.08. The van der Waals surface area contributed by atoms with Gasteiger partial charge < -0.3 is 15.3 Å². The predicted molar refractivity (Wildman–Crippen MR) is 73.9 cm³/mol. The summed E-state index contributed by atoms with van der Waals surface area (Å²) < 4.78 is 39.3. The molecule has 0 heterocycles. The molecule has 0 aliphatic heterocycles. The van der Waals surface area contributed by atoms with Crippen molar-refractivity contribution >= 4 is 11.6 Å². The Hall–Kier alpha value is -1.76. The molecule has 0 bridgehead atoms. The summed E-state index contributed by atoms with van der Waals surface area (Å²) in [4.78, 5) is 12.9. The number of carbonyl (C=O) groups is 1. The van der Waals surface area contributed by atoms with Gasteiger partial charge in [0.05, 0.1) is 18.1 Å². The summed E-state index contributed by atoms with van der Waals surface area (Å²) in [6.07, 6.45) is -4.52. The molecule has 1 unspecified atom stereocenters. The molecule has 1 amide bonds. The fraction of sp³-hybridized carbons (Fsp3) is 0.500. The molecular formula is C14H19F3N2O2. The summed E-state index contributed by atoms with van der Waals surface area (Å²) in [7, 11) is 2.98. The van der Waals surface area contributed by atoms with Gasteiger partial charge in [-0.3, -0.25) is 4.79 Å². The van der Waals surface area contributed by atoms with Crippen molar-refractivity contribution in [2.45, 2.75) is 19.7 Å². The lowest BCUT2D eigenvalue weighted by Gasteiger charge is -2.26. The molecule has 118 valence electrons. The molecule has 4 nitrogen and oxygen atoms in total. The smallest absolute Gasteiger partial charge is 0.392 e. The van der Waals surface area contributed by atoms with Crippen LogP contribution in [0.5, 0.6) is 0 Å². The fourth-order valence-electron chi connectivity index (χ4n) is 2.08. The maximum Gasteiger partial charge on any atom is 0.418 e. The van der Waals surface area contributed by atoms with E-state index < -0.39 is 24.3 Å². The summed E-state index contributed by atoms with van der Waals surface area (Å²) in [5, 5.41) is 11.4. The Morgan fingerprint density at radius 1 is 1.43 bits per heavy atom. The third-order valence-corrected chi connectivity index (χ3v) is 3.20. The predicted octanol–water partition coefficient (Wildman–Crippen LogP) is 2.02. The molecule has 0 aromatic heterocycles. The Morgan fingerprint density at radius 2 is 2.05 bits per heavy atom. The fourth-order valence-corrected chi connectivity index (χ4v) is 2.08. The van der Waals surface area contributed by atoms with Crippen LogP contribution < -0.4 is 10.2 Å². The second-order valence-corrected chi connectivity index (χ2v) is 4.90. The van der Waals surface area contributed by atoms with Crippen LogP contribution in [-0.4, -0.2) is 31.7 Å². The molecule has 0 radical (unpaired) electrons. The molecule has 0 spiro atoms. The lowest BCUT2D eigenvalue weighted by Crippen LogP contribution is -2.35. The van der Waals surface area contributed by atoms with Gasteiger partial charge in [-0.1, -0.05) is 13.0 Å². The molecule has 1 rings (SSSR count). The van der Waals surface area contributed by atoms with Crippen molar-refractivity contribution in [2.24, 2.45) is 5.92 Å². The van der Waals surface area contributed by atoms with Gasteiger partial charge in [-0.05, 0) is 17.7 Å². The van der Waals surface area contributed by atoms with Crippen LogP contribution in [0, 0.1) is 5.92 Å². The number of aliphatic hydroxyl groups is 1. The third-order valence-electron chi connectivity index (χ3n) is 3.20. The topological polar surface area (TPSA) is 52.6 Å². The van der Waals surface area contributed by atoms with Gasteiger partial charge in [0.1, 0.15) is 0 Å². The first-order chi connectivity index (χ1) is 9.70. The van der Waals surface area contributed by atoms with Crippen LogP contribution in [0.25, 0.3) is 0 Å². The average molecular weight is 304 g/mol. The number of benzene rings is 1. The number of rotatable bonds is 5. The number of anilines is 1. The number of carbonyl (C=O) groups excluding carboxylic acids is 1. The van der Waals surface area contributed by atoms with Gasteiger partial charge in [-0.2, -0.15) is 13.2 Å². The number of amides is 1. The zero-order valence-corrected chi connectivity index (χ0v) is 12.2. The molecule has 1 aromatic rings. The number of alkyl halides is 3. The van der Waals surface area contributed by atoms with Crippen molar-refractivity contribution < 1.29 is 23.1 Å². The van der Waals surface area contributed by atoms with Crippen molar-refractivity contribution in [1.29, 1.82) is 0 Å². The van der Waals surface area contributed by atoms with Crippen molar-refractivity contribution in [3.8, 4) is 0 Å². The number of nitrogens with one attached hydrogen (secondary N) is 1. The molecule has 1 aromatic carbocycles. The highest BCUT2D eigenvalue weighted by molar-refractivity contribution is 5.78. The van der Waals surface area contributed by atoms with Gasteiger partial charge in [0.15, 0.2) is 0 Å². The summed E-state index contributed by atoms with van der Waals surface area (Å²) in [6, 6.07) is 3.67. The molecule has 0 saturated carbocycles. The highest BCUT2D eigenvalue weighted by atomic mass is 19.4. The Morgan fingerprint density at radius 3 is 2.52 bits per heavy atom. The molecule has 0 saturated heterocycles. The van der Waals surface area contributed by atoms with Crippen LogP contribution in [0.2, 0.25) is 0 Å². The van der Waals surface area contributed by atoms with Gasteiger partial charge in [0.25, 0.3) is 0 Å². The highest BCUT2D eigenvalue weighted by Gasteiger charge is 2.35. The normalized spacial score (nSPS) is 12.9. The van der Waals surface area contributed by atoms with E-state index in [1.165, 1.54) is 31.1 Å². The molecule has 0 aliphatic carbocycles. The maximum absolute atomic E-state index is 13.1. The lowest BCUT2D eigenvalue weighted by atomic mass is 10.1. The first kappa shape index (κ1) is 17.3. The Bertz CT molecular complexity index is 503. The van der Waals surface area contributed by atoms with Crippen LogP contribution >= 0.6 is 0 Å². The Kier molecular flexibility index (Phi) is 5.60. The van der Waals surface area contributed by atoms with E-state index in [-0.39, 0.29) is 23.7 Å². The SMILES string of the molecule is CNC(=O)C(C)CN(C)c1ccc(CO)cc1C(F)(F)F. The minimum atomic E-state index is -4.52. The minimum Gasteiger partial charge on any atom is -0.392 e. The summed E-state index contributed by atoms with van der Waals surface area (Å²) in [5.74, 6) is -0.680. The largest absolute Gasteiger partial charge is 0.418 e. The van der Waals surface area contributed by atoms with E-state index in [1.54, 1.807) is 6.92 Å². The molecule has 21 heavy (non-hydrogen) atoms. The van der Waals surface area contributed by atoms with Crippen molar-refractivity contribution in [3.05, 3.63) is 29.3 Å². The molecule has 0 fully saturated rings. The van der Waals surface area contributed by atoms with E-state index in [9.17, 15) is 18.0 Å². The van der Waals surface area contributed by atoms with E-state index >= 15 is 0 Å². The molecule has 7 heteroatoms. The first-order valence-corrected chi connectivity index (χ1v) is 6.44. The van der Waals surface area contributed by atoms with Crippen LogP contribution in [0.3, 0.4) is 0 Å². The first-order valence-electron chi connectivity index (χ1n) is 6.44. The number of halogens is 3. The molecule has 1 atom stereocenters. The van der Waals surface area contributed by atoms with Gasteiger partial charge in [-0.15, -0.1) is 0 Å². The summed E-state index contributed by atoms with van der Waals surface area (Å²) in [6.45, 7) is 1.34. The van der Waals surface area contributed by atoms with Crippen molar-refractivity contribution in [1.82, 2.24) is 5.32 Å². The zero-order valence-electron chi connectivity index (χ0n) is 12.2. The lowest BCUT2D eigenvalue weighted by molar-refractivity contribution is -0.137. The number of hydrogen-bond donors (Lipinski definition) is 2. The monoisotopic (exact) mass is 304 g/mol. The Labute approximate surface area is 121 Å². The van der Waals surface area contributed by atoms with E-state index in [0.717, 1.165) is 6.07 Å². The van der Waals surface area contributed by atoms with Gasteiger partial charge in [-0.25, -0.2) is 0 Å². The molecule has 0 aliphatic rings. The number of aliphatic hydroxyl groups excluding tert-OH is 1. The second-order valence-electron chi connectivity index (χ2n) is 4.90. The van der Waals surface area contributed by atoms with Gasteiger partial charge in [0, 0.05) is 26.3 Å². The maximum atomic E-state index is 13.1. The summed E-state index contributed by atoms with van der Waals surface area (Å²) in [5.41, 5.74) is -0.644. The standard InChI is InChI=1S/C14H19F3N2O2/c1-9(13(21)18-2)7-19(3)12-5-4-10(8-20)6-11(12)14(15,16)17/h4-6,9,20H,7-8H2,1-3H3,(H,18,21). The third kappa shape index (κ3) is 4.35. The van der Waals surface area contributed by atoms with Crippen LogP contribution in [0.1, 0.15) is 18.1 Å². The van der Waals surface area contributed by atoms with Crippen LogP contribution in [-0.2, 0) is 17.6 Å². The van der Waals surface area contributed by atoms with Crippen LogP contribution in [0.4, 0.5) is 18.9 Å². The molecular weight excluding hydrogens is 285 g/mol. The van der Waals surface area contributed by atoms with E-state index in [2.05, 4.69) is 5.32 Å². The second kappa shape index (κ2) is 6.80. The molecule has 2 N–H and O–H groups in total. The van der Waals surface area contributed by atoms with Gasteiger partial charge >= 0.3 is 6.18 Å². The minimum absolute atomic E-state index is 0.0181. The number of hydrogen-bond acceptors (Lipinski definition) is 3. The van der Waals surface area contributed by atoms with E-state index in [1.807, 2.05) is 0 Å². The highest BCUT2D eigenvalue weighted by Crippen LogP contribution is 2.37. The van der Waals surface area contributed by atoms with Gasteiger partial charge in [0.2, 0.25) is 5.91 Å². The van der Waals surface area contributed by atoms with E-state index in [4.69, 9.17) is 5.11 Å². The van der Waals surface area contributed by atoms with Crippen molar-refractivity contribution in [2.75, 3.05) is 25.5 Å². The average Bonchev–Trinajstić information content (AvgIpc) is 2.44. The van der Waals surface area contributed by atoms with Crippen LogP contribution in [0.15, 0.2) is 18.2 Å². The van der Waals surface area contributed by atoms with E-state index in [0.29, 0.717) is 0 Å². The zero-order chi connectivity index (χ0) is 16.2.